The Balaban J connectivity index is 2.09. The van der Waals surface area contributed by atoms with Crippen molar-refractivity contribution >= 4 is 12.0 Å². The second kappa shape index (κ2) is 6.43. The summed E-state index contributed by atoms with van der Waals surface area (Å²) in [6, 6.07) is -0.807. The van der Waals surface area contributed by atoms with E-state index in [0.29, 0.717) is 32.2 Å². The molecule has 0 radical (unpaired) electrons. The van der Waals surface area contributed by atoms with Gasteiger partial charge in [-0.15, -0.1) is 0 Å². The fourth-order valence-electron chi connectivity index (χ4n) is 3.59. The van der Waals surface area contributed by atoms with Crippen LogP contribution >= 0.6 is 0 Å². The van der Waals surface area contributed by atoms with E-state index in [1.165, 1.54) is 0 Å². The Hall–Kier alpha value is -1.30. The molecule has 114 valence electrons. The lowest BCUT2D eigenvalue weighted by Crippen LogP contribution is -2.50. The largest absolute Gasteiger partial charge is 0.480 e. The molecular formula is C14H24N2O4. The highest BCUT2D eigenvalue weighted by Gasteiger charge is 2.50. The first kappa shape index (κ1) is 15.1. The van der Waals surface area contributed by atoms with E-state index in [1.54, 1.807) is 16.9 Å². The summed E-state index contributed by atoms with van der Waals surface area (Å²) in [4.78, 5) is 27.3. The number of likely N-dealkylation sites (tertiary alicyclic amines) is 1. The molecule has 1 heterocycles. The van der Waals surface area contributed by atoms with Gasteiger partial charge in [0.05, 0.1) is 6.61 Å². The van der Waals surface area contributed by atoms with E-state index in [-0.39, 0.29) is 11.9 Å². The molecule has 3 unspecified atom stereocenters. The summed E-state index contributed by atoms with van der Waals surface area (Å²) in [5.41, 5.74) is 0. The monoisotopic (exact) mass is 284 g/mol. The van der Waals surface area contributed by atoms with Gasteiger partial charge in [0.1, 0.15) is 6.04 Å². The zero-order valence-electron chi connectivity index (χ0n) is 12.2. The van der Waals surface area contributed by atoms with E-state index in [1.807, 2.05) is 6.92 Å². The number of rotatable bonds is 5. The van der Waals surface area contributed by atoms with Gasteiger partial charge in [0.2, 0.25) is 0 Å². The topological polar surface area (TPSA) is 70.1 Å². The normalized spacial score (nSPS) is 28.5. The molecule has 1 aliphatic heterocycles. The number of aliphatic carboxylic acids is 1. The highest BCUT2D eigenvalue weighted by molar-refractivity contribution is 5.84. The lowest BCUT2D eigenvalue weighted by atomic mass is 9.94. The number of fused-ring (bicyclic) bond motifs is 1. The van der Waals surface area contributed by atoms with Gasteiger partial charge >= 0.3 is 12.0 Å². The highest BCUT2D eigenvalue weighted by Crippen LogP contribution is 2.42. The smallest absolute Gasteiger partial charge is 0.326 e. The molecule has 1 saturated heterocycles. The van der Waals surface area contributed by atoms with Crippen molar-refractivity contribution in [3.63, 3.8) is 0 Å². The van der Waals surface area contributed by atoms with E-state index in [4.69, 9.17) is 4.74 Å². The maximum absolute atomic E-state index is 12.6. The number of urea groups is 1. The quantitative estimate of drug-likeness (QED) is 0.825. The summed E-state index contributed by atoms with van der Waals surface area (Å²) in [5, 5.41) is 9.47. The summed E-state index contributed by atoms with van der Waals surface area (Å²) in [5.74, 6) is -0.366. The number of methoxy groups -OCH3 is 1. The van der Waals surface area contributed by atoms with Crippen molar-refractivity contribution in [2.75, 3.05) is 33.4 Å². The number of carboxylic acids is 1. The van der Waals surface area contributed by atoms with Gasteiger partial charge in [0.15, 0.2) is 0 Å². The van der Waals surface area contributed by atoms with Gasteiger partial charge in [-0.1, -0.05) is 6.42 Å². The van der Waals surface area contributed by atoms with Crippen LogP contribution in [0.5, 0.6) is 0 Å². The molecule has 6 nitrogen and oxygen atoms in total. The SMILES string of the molecule is CCN(CCOC)C(=O)N1CC2CCCC2C1C(=O)O. The Morgan fingerprint density at radius 3 is 2.75 bits per heavy atom. The van der Waals surface area contributed by atoms with E-state index in [0.717, 1.165) is 19.3 Å². The lowest BCUT2D eigenvalue weighted by molar-refractivity contribution is -0.142. The zero-order valence-corrected chi connectivity index (χ0v) is 12.2. The molecule has 3 atom stereocenters. The Labute approximate surface area is 119 Å². The summed E-state index contributed by atoms with van der Waals surface area (Å²) in [6.45, 7) is 4.03. The van der Waals surface area contributed by atoms with E-state index >= 15 is 0 Å². The highest BCUT2D eigenvalue weighted by atomic mass is 16.5. The van der Waals surface area contributed by atoms with Crippen LogP contribution in [0.1, 0.15) is 26.2 Å². The fourth-order valence-corrected chi connectivity index (χ4v) is 3.59. The average Bonchev–Trinajstić information content (AvgIpc) is 2.98. The molecule has 0 aromatic heterocycles. The number of carbonyl (C=O) groups excluding carboxylic acids is 1. The minimum Gasteiger partial charge on any atom is -0.480 e. The van der Waals surface area contributed by atoms with Crippen molar-refractivity contribution in [2.24, 2.45) is 11.8 Å². The average molecular weight is 284 g/mol. The molecule has 1 N–H and O–H groups in total. The van der Waals surface area contributed by atoms with Crippen LogP contribution in [-0.4, -0.2) is 66.3 Å². The Morgan fingerprint density at radius 2 is 2.15 bits per heavy atom. The number of likely N-dealkylation sites (N-methyl/N-ethyl adjacent to an activating group) is 1. The predicted octanol–water partition coefficient (Wildman–Crippen LogP) is 1.26. The van der Waals surface area contributed by atoms with Crippen LogP contribution in [0, 0.1) is 11.8 Å². The van der Waals surface area contributed by atoms with Gasteiger partial charge in [-0.25, -0.2) is 9.59 Å². The molecule has 0 bridgehead atoms. The number of amides is 2. The second-order valence-corrected chi connectivity index (χ2v) is 5.65. The first-order valence-electron chi connectivity index (χ1n) is 7.37. The van der Waals surface area contributed by atoms with E-state index < -0.39 is 12.0 Å². The van der Waals surface area contributed by atoms with Crippen LogP contribution < -0.4 is 0 Å². The van der Waals surface area contributed by atoms with Crippen LogP contribution in [0.4, 0.5) is 4.79 Å². The van der Waals surface area contributed by atoms with Crippen molar-refractivity contribution in [2.45, 2.75) is 32.2 Å². The molecule has 6 heteroatoms. The van der Waals surface area contributed by atoms with Gasteiger partial charge < -0.3 is 19.6 Å². The minimum absolute atomic E-state index is 0.137. The van der Waals surface area contributed by atoms with Gasteiger partial charge in [-0.05, 0) is 31.6 Å². The Bertz CT molecular complexity index is 374. The Morgan fingerprint density at radius 1 is 1.40 bits per heavy atom. The van der Waals surface area contributed by atoms with Crippen molar-refractivity contribution in [1.29, 1.82) is 0 Å². The van der Waals surface area contributed by atoms with Crippen molar-refractivity contribution in [3.8, 4) is 0 Å². The van der Waals surface area contributed by atoms with Crippen LogP contribution in [0.2, 0.25) is 0 Å². The Kier molecular flexibility index (Phi) is 4.86. The molecule has 20 heavy (non-hydrogen) atoms. The molecular weight excluding hydrogens is 260 g/mol. The van der Waals surface area contributed by atoms with Crippen molar-refractivity contribution < 1.29 is 19.4 Å². The molecule has 0 spiro atoms. The molecule has 1 saturated carbocycles. The van der Waals surface area contributed by atoms with E-state index in [2.05, 4.69) is 0 Å². The molecule has 2 rings (SSSR count). The van der Waals surface area contributed by atoms with Crippen LogP contribution in [0.25, 0.3) is 0 Å². The first-order chi connectivity index (χ1) is 9.60. The van der Waals surface area contributed by atoms with Gasteiger partial charge in [-0.3, -0.25) is 0 Å². The van der Waals surface area contributed by atoms with Crippen LogP contribution in [-0.2, 0) is 9.53 Å². The molecule has 0 aromatic rings. The maximum atomic E-state index is 12.6. The van der Waals surface area contributed by atoms with Gasteiger partial charge in [0, 0.05) is 26.7 Å². The molecule has 2 fully saturated rings. The van der Waals surface area contributed by atoms with Crippen molar-refractivity contribution in [1.82, 2.24) is 9.80 Å². The molecule has 2 amide bonds. The molecule has 0 aromatic carbocycles. The molecule has 1 aliphatic carbocycles. The summed E-state index contributed by atoms with van der Waals surface area (Å²) in [6.07, 6.45) is 3.06. The third-order valence-electron chi connectivity index (χ3n) is 4.61. The van der Waals surface area contributed by atoms with Gasteiger partial charge in [0.25, 0.3) is 0 Å². The van der Waals surface area contributed by atoms with E-state index in [9.17, 15) is 14.7 Å². The van der Waals surface area contributed by atoms with Crippen molar-refractivity contribution in [3.05, 3.63) is 0 Å². The summed E-state index contributed by atoms with van der Waals surface area (Å²) >= 11 is 0. The number of carbonyl (C=O) groups is 2. The number of ether oxygens (including phenoxy) is 1. The maximum Gasteiger partial charge on any atom is 0.326 e. The van der Waals surface area contributed by atoms with Gasteiger partial charge in [-0.2, -0.15) is 0 Å². The minimum atomic E-state index is -0.865. The van der Waals surface area contributed by atoms with Crippen LogP contribution in [0.15, 0.2) is 0 Å². The third kappa shape index (κ3) is 2.75. The summed E-state index contributed by atoms with van der Waals surface area (Å²) < 4.78 is 5.01. The molecule has 2 aliphatic rings. The standard InChI is InChI=1S/C14H24N2O4/c1-3-15(7-8-20-2)14(19)16-9-10-5-4-6-11(10)12(16)13(17)18/h10-12H,3-9H2,1-2H3,(H,17,18). The number of hydrogen-bond donors (Lipinski definition) is 1. The lowest BCUT2D eigenvalue weighted by Gasteiger charge is -2.30. The number of carboxylic acid groups (broad SMARTS) is 1. The second-order valence-electron chi connectivity index (χ2n) is 5.65. The zero-order chi connectivity index (χ0) is 14.7. The third-order valence-corrected chi connectivity index (χ3v) is 4.61. The predicted molar refractivity (Wildman–Crippen MR) is 73.5 cm³/mol. The number of nitrogens with zero attached hydrogens (tertiary/aromatic N) is 2. The summed E-state index contributed by atoms with van der Waals surface area (Å²) in [7, 11) is 1.60. The fraction of sp³-hybridized carbons (Fsp3) is 0.857. The first-order valence-corrected chi connectivity index (χ1v) is 7.37. The number of hydrogen-bond acceptors (Lipinski definition) is 3. The van der Waals surface area contributed by atoms with Crippen LogP contribution in [0.3, 0.4) is 0 Å².